The second kappa shape index (κ2) is 4.23. The molecule has 0 aliphatic rings. The lowest BCUT2D eigenvalue weighted by Crippen LogP contribution is -1.88. The van der Waals surface area contributed by atoms with E-state index < -0.39 is 0 Å². The molecule has 0 aliphatic heterocycles. The Balaban J connectivity index is 2.46. The van der Waals surface area contributed by atoms with Crippen molar-refractivity contribution in [2.45, 2.75) is 6.92 Å². The van der Waals surface area contributed by atoms with Crippen molar-refractivity contribution in [3.05, 3.63) is 60.2 Å². The van der Waals surface area contributed by atoms with Gasteiger partial charge in [0.1, 0.15) is 0 Å². The molecule has 2 aromatic rings. The summed E-state index contributed by atoms with van der Waals surface area (Å²) in [6.07, 6.45) is 1.85. The lowest BCUT2D eigenvalue weighted by Gasteiger charge is -2.07. The third kappa shape index (κ3) is 1.98. The van der Waals surface area contributed by atoms with Crippen LogP contribution in [0.25, 0.3) is 17.2 Å². The average molecular weight is 209 g/mol. The standard InChI is InChI=1S/C15H15N/c1-3-12-4-6-13(7-5-12)15-9-8-14(16)10-11(15)2/h3-10H,1,16H2,2H3. The second-order valence-electron chi connectivity index (χ2n) is 3.90. The summed E-state index contributed by atoms with van der Waals surface area (Å²) in [6, 6.07) is 14.3. The van der Waals surface area contributed by atoms with Crippen molar-refractivity contribution in [1.82, 2.24) is 0 Å². The first-order valence-electron chi connectivity index (χ1n) is 5.29. The van der Waals surface area contributed by atoms with E-state index in [9.17, 15) is 0 Å². The summed E-state index contributed by atoms with van der Waals surface area (Å²) in [5.41, 5.74) is 11.3. The fourth-order valence-corrected chi connectivity index (χ4v) is 1.81. The SMILES string of the molecule is C=Cc1ccc(-c2ccc(N)cc2C)cc1. The number of nitrogen functional groups attached to an aromatic ring is 1. The number of nitrogens with two attached hydrogens (primary N) is 1. The summed E-state index contributed by atoms with van der Waals surface area (Å²) in [5.74, 6) is 0. The molecule has 0 atom stereocenters. The van der Waals surface area contributed by atoms with Gasteiger partial charge in [-0.3, -0.25) is 0 Å². The summed E-state index contributed by atoms with van der Waals surface area (Å²) in [5, 5.41) is 0. The Morgan fingerprint density at radius 2 is 1.75 bits per heavy atom. The average Bonchev–Trinajstić information content (AvgIpc) is 2.29. The third-order valence-corrected chi connectivity index (χ3v) is 2.71. The quantitative estimate of drug-likeness (QED) is 0.746. The Bertz CT molecular complexity index is 509. The van der Waals surface area contributed by atoms with E-state index in [1.165, 1.54) is 16.7 Å². The van der Waals surface area contributed by atoms with Crippen LogP contribution >= 0.6 is 0 Å². The largest absolute Gasteiger partial charge is 0.399 e. The normalized spacial score (nSPS) is 10.1. The van der Waals surface area contributed by atoms with Crippen LogP contribution in [0.4, 0.5) is 5.69 Å². The van der Waals surface area contributed by atoms with Crippen molar-refractivity contribution < 1.29 is 0 Å². The first-order chi connectivity index (χ1) is 7.70. The van der Waals surface area contributed by atoms with E-state index >= 15 is 0 Å². The third-order valence-electron chi connectivity index (χ3n) is 2.71. The van der Waals surface area contributed by atoms with Crippen LogP contribution in [-0.4, -0.2) is 0 Å². The van der Waals surface area contributed by atoms with Gasteiger partial charge < -0.3 is 5.73 Å². The van der Waals surface area contributed by atoms with E-state index in [2.05, 4.69) is 43.8 Å². The monoisotopic (exact) mass is 209 g/mol. The van der Waals surface area contributed by atoms with Crippen LogP contribution in [0.5, 0.6) is 0 Å². The van der Waals surface area contributed by atoms with Crippen LogP contribution in [0.3, 0.4) is 0 Å². The van der Waals surface area contributed by atoms with Crippen molar-refractivity contribution in [3.63, 3.8) is 0 Å². The van der Waals surface area contributed by atoms with Crippen molar-refractivity contribution in [2.24, 2.45) is 0 Å². The van der Waals surface area contributed by atoms with Gasteiger partial charge in [-0.25, -0.2) is 0 Å². The number of hydrogen-bond acceptors (Lipinski definition) is 1. The van der Waals surface area contributed by atoms with Crippen LogP contribution in [0.15, 0.2) is 49.0 Å². The highest BCUT2D eigenvalue weighted by atomic mass is 14.5. The van der Waals surface area contributed by atoms with E-state index in [0.29, 0.717) is 0 Å². The molecule has 0 saturated heterocycles. The highest BCUT2D eigenvalue weighted by molar-refractivity contribution is 5.70. The molecular weight excluding hydrogens is 194 g/mol. The van der Waals surface area contributed by atoms with Gasteiger partial charge in [-0.05, 0) is 41.3 Å². The zero-order valence-electron chi connectivity index (χ0n) is 9.40. The van der Waals surface area contributed by atoms with Crippen molar-refractivity contribution in [2.75, 3.05) is 5.73 Å². The number of anilines is 1. The van der Waals surface area contributed by atoms with Gasteiger partial charge in [0, 0.05) is 5.69 Å². The van der Waals surface area contributed by atoms with Gasteiger partial charge in [0.2, 0.25) is 0 Å². The van der Waals surface area contributed by atoms with Gasteiger partial charge >= 0.3 is 0 Å². The van der Waals surface area contributed by atoms with Crippen LogP contribution in [0.2, 0.25) is 0 Å². The Morgan fingerprint density at radius 3 is 2.31 bits per heavy atom. The molecule has 0 aromatic heterocycles. The van der Waals surface area contributed by atoms with Crippen LogP contribution in [-0.2, 0) is 0 Å². The zero-order valence-corrected chi connectivity index (χ0v) is 9.40. The molecule has 1 nitrogen and oxygen atoms in total. The Morgan fingerprint density at radius 1 is 1.06 bits per heavy atom. The van der Waals surface area contributed by atoms with Crippen molar-refractivity contribution >= 4 is 11.8 Å². The first-order valence-corrected chi connectivity index (χ1v) is 5.29. The molecule has 0 bridgehead atoms. The molecule has 16 heavy (non-hydrogen) atoms. The van der Waals surface area contributed by atoms with E-state index in [1.807, 2.05) is 18.2 Å². The molecule has 0 spiro atoms. The first kappa shape index (κ1) is 10.5. The molecule has 1 heteroatoms. The highest BCUT2D eigenvalue weighted by Crippen LogP contribution is 2.25. The molecule has 80 valence electrons. The summed E-state index contributed by atoms with van der Waals surface area (Å²) in [6.45, 7) is 5.82. The molecule has 2 aromatic carbocycles. The topological polar surface area (TPSA) is 26.0 Å². The van der Waals surface area contributed by atoms with Gasteiger partial charge in [-0.15, -0.1) is 0 Å². The molecule has 0 fully saturated rings. The van der Waals surface area contributed by atoms with E-state index in [0.717, 1.165) is 11.3 Å². The number of benzene rings is 2. The molecule has 0 aliphatic carbocycles. The summed E-state index contributed by atoms with van der Waals surface area (Å²) in [7, 11) is 0. The van der Waals surface area contributed by atoms with Crippen molar-refractivity contribution in [1.29, 1.82) is 0 Å². The Labute approximate surface area is 96.2 Å². The summed E-state index contributed by atoms with van der Waals surface area (Å²) in [4.78, 5) is 0. The lowest BCUT2D eigenvalue weighted by atomic mass is 9.99. The molecule has 0 saturated carbocycles. The van der Waals surface area contributed by atoms with Gasteiger partial charge in [0.15, 0.2) is 0 Å². The summed E-state index contributed by atoms with van der Waals surface area (Å²) < 4.78 is 0. The minimum absolute atomic E-state index is 0.809. The molecule has 0 heterocycles. The van der Waals surface area contributed by atoms with E-state index in [1.54, 1.807) is 0 Å². The highest BCUT2D eigenvalue weighted by Gasteiger charge is 2.01. The Hall–Kier alpha value is -2.02. The maximum absolute atomic E-state index is 5.74. The maximum Gasteiger partial charge on any atom is 0.0317 e. The Kier molecular flexibility index (Phi) is 2.78. The van der Waals surface area contributed by atoms with Crippen molar-refractivity contribution in [3.8, 4) is 11.1 Å². The molecule has 2 N–H and O–H groups in total. The predicted molar refractivity (Wildman–Crippen MR) is 71.1 cm³/mol. The second-order valence-corrected chi connectivity index (χ2v) is 3.90. The fraction of sp³-hybridized carbons (Fsp3) is 0.0667. The predicted octanol–water partition coefficient (Wildman–Crippen LogP) is 3.89. The molecule has 0 unspecified atom stereocenters. The smallest absolute Gasteiger partial charge is 0.0317 e. The number of aryl methyl sites for hydroxylation is 1. The minimum Gasteiger partial charge on any atom is -0.399 e. The number of rotatable bonds is 2. The minimum atomic E-state index is 0.809. The molecule has 0 radical (unpaired) electrons. The van der Waals surface area contributed by atoms with Crippen LogP contribution in [0, 0.1) is 6.92 Å². The zero-order chi connectivity index (χ0) is 11.5. The maximum atomic E-state index is 5.74. The van der Waals surface area contributed by atoms with Gasteiger partial charge in [0.25, 0.3) is 0 Å². The van der Waals surface area contributed by atoms with Gasteiger partial charge in [-0.1, -0.05) is 43.0 Å². The fourth-order valence-electron chi connectivity index (χ4n) is 1.81. The molecule has 2 rings (SSSR count). The van der Waals surface area contributed by atoms with Gasteiger partial charge in [0.05, 0.1) is 0 Å². The number of hydrogen-bond donors (Lipinski definition) is 1. The summed E-state index contributed by atoms with van der Waals surface area (Å²) >= 11 is 0. The van der Waals surface area contributed by atoms with Gasteiger partial charge in [-0.2, -0.15) is 0 Å². The van der Waals surface area contributed by atoms with E-state index in [4.69, 9.17) is 5.73 Å². The van der Waals surface area contributed by atoms with Crippen LogP contribution in [0.1, 0.15) is 11.1 Å². The lowest BCUT2D eigenvalue weighted by molar-refractivity contribution is 1.46. The molecule has 0 amide bonds. The van der Waals surface area contributed by atoms with E-state index in [-0.39, 0.29) is 0 Å². The molecular formula is C15H15N. The van der Waals surface area contributed by atoms with Crippen LogP contribution < -0.4 is 5.73 Å².